The number of esters is 1. The highest BCUT2D eigenvalue weighted by Crippen LogP contribution is 2.36. The van der Waals surface area contributed by atoms with E-state index in [1.54, 1.807) is 0 Å². The summed E-state index contributed by atoms with van der Waals surface area (Å²) in [6.07, 6.45) is -8.33. The smallest absolute Gasteiger partial charge is 0.466 e. The summed E-state index contributed by atoms with van der Waals surface area (Å²) >= 11 is 5.55. The molecule has 10 heteroatoms. The van der Waals surface area contributed by atoms with Crippen LogP contribution in [0.1, 0.15) is 30.0 Å². The zero-order valence-corrected chi connectivity index (χ0v) is 12.0. The van der Waals surface area contributed by atoms with Crippen LogP contribution in [0.4, 0.5) is 22.0 Å². The number of nitrogens with zero attached hydrogens (tertiary/aromatic N) is 1. The fourth-order valence-electron chi connectivity index (χ4n) is 1.68. The molecular formula is C12H11ClF5NO3. The summed E-state index contributed by atoms with van der Waals surface area (Å²) in [7, 11) is 0. The fourth-order valence-corrected chi connectivity index (χ4v) is 1.91. The number of rotatable bonds is 6. The highest BCUT2D eigenvalue weighted by Gasteiger charge is 2.35. The molecule has 0 aromatic carbocycles. The van der Waals surface area contributed by atoms with Crippen molar-refractivity contribution in [3.8, 4) is 5.88 Å². The zero-order valence-electron chi connectivity index (χ0n) is 11.2. The van der Waals surface area contributed by atoms with Gasteiger partial charge in [0, 0.05) is 12.1 Å². The Kier molecular flexibility index (Phi) is 6.34. The lowest BCUT2D eigenvalue weighted by molar-refractivity contribution is -0.276. The number of carbonyl (C=O) groups excluding carboxylic acids is 1. The van der Waals surface area contributed by atoms with Gasteiger partial charge in [0.2, 0.25) is 5.88 Å². The molecule has 0 fully saturated rings. The summed E-state index contributed by atoms with van der Waals surface area (Å²) in [5.74, 6) is -2.50. The van der Waals surface area contributed by atoms with E-state index in [1.165, 1.54) is 6.92 Å². The first-order chi connectivity index (χ1) is 10.2. The van der Waals surface area contributed by atoms with E-state index in [9.17, 15) is 26.7 Å². The molecule has 0 atom stereocenters. The van der Waals surface area contributed by atoms with Crippen LogP contribution in [0.5, 0.6) is 5.88 Å². The second-order valence-electron chi connectivity index (χ2n) is 3.94. The molecule has 0 aliphatic rings. The molecule has 0 aliphatic carbocycles. The van der Waals surface area contributed by atoms with E-state index in [4.69, 9.17) is 11.6 Å². The van der Waals surface area contributed by atoms with Gasteiger partial charge in [-0.05, 0) is 18.1 Å². The van der Waals surface area contributed by atoms with Crippen molar-refractivity contribution in [2.45, 2.75) is 32.0 Å². The Labute approximate surface area is 127 Å². The predicted molar refractivity (Wildman–Crippen MR) is 65.8 cm³/mol. The van der Waals surface area contributed by atoms with Gasteiger partial charge in [-0.25, -0.2) is 13.8 Å². The van der Waals surface area contributed by atoms with E-state index in [-0.39, 0.29) is 23.6 Å². The van der Waals surface area contributed by atoms with Gasteiger partial charge >= 0.3 is 12.3 Å². The largest absolute Gasteiger partial charge is 0.574 e. The predicted octanol–water partition coefficient (Wildman–Crippen LogP) is 3.76. The number of pyridine rings is 1. The van der Waals surface area contributed by atoms with Crippen molar-refractivity contribution in [2.24, 2.45) is 0 Å². The van der Waals surface area contributed by atoms with Crippen molar-refractivity contribution in [1.29, 1.82) is 0 Å². The number of hydrogen-bond donors (Lipinski definition) is 0. The third-order valence-corrected chi connectivity index (χ3v) is 2.77. The first kappa shape index (κ1) is 18.4. The first-order valence-electron chi connectivity index (χ1n) is 5.95. The van der Waals surface area contributed by atoms with Crippen molar-refractivity contribution in [3.05, 3.63) is 22.9 Å². The molecular weight excluding hydrogens is 337 g/mol. The molecule has 0 amide bonds. The molecule has 0 aliphatic heterocycles. The molecule has 22 heavy (non-hydrogen) atoms. The molecule has 0 saturated carbocycles. The van der Waals surface area contributed by atoms with Gasteiger partial charge in [0.05, 0.1) is 18.6 Å². The molecule has 0 N–H and O–H groups in total. The summed E-state index contributed by atoms with van der Waals surface area (Å²) in [6.45, 7) is 1.50. The number of alkyl halides is 6. The average molecular weight is 348 g/mol. The second kappa shape index (κ2) is 7.57. The number of ether oxygens (including phenoxy) is 2. The summed E-state index contributed by atoms with van der Waals surface area (Å²) in [4.78, 5) is 14.7. The Bertz CT molecular complexity index is 536. The SMILES string of the molecule is CCOC(=O)Cc1c(CCl)cnc(OC(F)(F)F)c1C(F)F. The van der Waals surface area contributed by atoms with E-state index >= 15 is 0 Å². The zero-order chi connectivity index (χ0) is 16.9. The molecule has 1 aromatic heterocycles. The summed E-state index contributed by atoms with van der Waals surface area (Å²) in [5.41, 5.74) is -1.50. The van der Waals surface area contributed by atoms with Gasteiger partial charge in [0.1, 0.15) is 0 Å². The van der Waals surface area contributed by atoms with Gasteiger partial charge in [0.25, 0.3) is 6.43 Å². The van der Waals surface area contributed by atoms with Crippen LogP contribution in [0.2, 0.25) is 0 Å². The highest BCUT2D eigenvalue weighted by atomic mass is 35.5. The van der Waals surface area contributed by atoms with Crippen LogP contribution in [0.25, 0.3) is 0 Å². The number of carbonyl (C=O) groups is 1. The van der Waals surface area contributed by atoms with Crippen LogP contribution in [0.3, 0.4) is 0 Å². The monoisotopic (exact) mass is 347 g/mol. The minimum absolute atomic E-state index is 0.000422. The Balaban J connectivity index is 3.35. The first-order valence-corrected chi connectivity index (χ1v) is 6.49. The fraction of sp³-hybridized carbons (Fsp3) is 0.500. The minimum atomic E-state index is -5.19. The lowest BCUT2D eigenvalue weighted by Crippen LogP contribution is -2.21. The quantitative estimate of drug-likeness (QED) is 0.446. The molecule has 0 radical (unpaired) electrons. The van der Waals surface area contributed by atoms with Gasteiger partial charge in [-0.1, -0.05) is 0 Å². The molecule has 1 rings (SSSR count). The van der Waals surface area contributed by atoms with Gasteiger partial charge in [0.15, 0.2) is 0 Å². The van der Waals surface area contributed by atoms with Gasteiger partial charge < -0.3 is 9.47 Å². The third kappa shape index (κ3) is 4.97. The molecule has 0 saturated heterocycles. The summed E-state index contributed by atoms with van der Waals surface area (Å²) < 4.78 is 71.1. The number of halogens is 6. The van der Waals surface area contributed by atoms with Crippen LogP contribution in [-0.2, 0) is 21.8 Å². The van der Waals surface area contributed by atoms with E-state index in [1.807, 2.05) is 0 Å². The van der Waals surface area contributed by atoms with E-state index in [0.717, 1.165) is 6.20 Å². The van der Waals surface area contributed by atoms with Crippen LogP contribution < -0.4 is 4.74 Å². The number of aromatic nitrogens is 1. The minimum Gasteiger partial charge on any atom is -0.466 e. The molecule has 0 spiro atoms. The maximum Gasteiger partial charge on any atom is 0.574 e. The van der Waals surface area contributed by atoms with Crippen LogP contribution >= 0.6 is 11.6 Å². The van der Waals surface area contributed by atoms with Crippen LogP contribution in [-0.4, -0.2) is 23.9 Å². The summed E-state index contributed by atoms with van der Waals surface area (Å²) in [6, 6.07) is 0. The lowest BCUT2D eigenvalue weighted by atomic mass is 10.0. The maximum absolute atomic E-state index is 13.1. The van der Waals surface area contributed by atoms with Crippen LogP contribution in [0.15, 0.2) is 6.20 Å². The maximum atomic E-state index is 13.1. The number of hydrogen-bond acceptors (Lipinski definition) is 4. The van der Waals surface area contributed by atoms with Gasteiger partial charge in [-0.15, -0.1) is 24.8 Å². The third-order valence-electron chi connectivity index (χ3n) is 2.48. The van der Waals surface area contributed by atoms with Crippen molar-refractivity contribution in [3.63, 3.8) is 0 Å². The highest BCUT2D eigenvalue weighted by molar-refractivity contribution is 6.17. The van der Waals surface area contributed by atoms with Crippen molar-refractivity contribution >= 4 is 17.6 Å². The summed E-state index contributed by atoms with van der Waals surface area (Å²) in [5, 5.41) is 0. The molecule has 1 aromatic rings. The van der Waals surface area contributed by atoms with Crippen molar-refractivity contribution < 1.29 is 36.2 Å². The van der Waals surface area contributed by atoms with E-state index in [0.29, 0.717) is 0 Å². The Morgan fingerprint density at radius 2 is 2.05 bits per heavy atom. The second-order valence-corrected chi connectivity index (χ2v) is 4.21. The van der Waals surface area contributed by atoms with Crippen LogP contribution in [0, 0.1) is 0 Å². The Hall–Kier alpha value is -1.64. The molecule has 0 bridgehead atoms. The average Bonchev–Trinajstić information content (AvgIpc) is 2.37. The van der Waals surface area contributed by atoms with E-state index in [2.05, 4.69) is 14.5 Å². The normalized spacial score (nSPS) is 11.6. The Morgan fingerprint density at radius 1 is 1.41 bits per heavy atom. The van der Waals surface area contributed by atoms with Gasteiger partial charge in [-0.3, -0.25) is 4.79 Å². The molecule has 0 unspecified atom stereocenters. The lowest BCUT2D eigenvalue weighted by Gasteiger charge is -2.17. The molecule has 124 valence electrons. The molecule has 1 heterocycles. The Morgan fingerprint density at radius 3 is 2.50 bits per heavy atom. The van der Waals surface area contributed by atoms with E-state index < -0.39 is 36.6 Å². The standard InChI is InChI=1S/C12H11ClF5NO3/c1-2-21-8(20)3-7-6(4-13)5-19-11(9(7)10(14)15)22-12(16,17)18/h5,10H,2-4H2,1H3. The van der Waals surface area contributed by atoms with Gasteiger partial charge in [-0.2, -0.15) is 0 Å². The topological polar surface area (TPSA) is 48.4 Å². The molecule has 4 nitrogen and oxygen atoms in total. The van der Waals surface area contributed by atoms with Crippen molar-refractivity contribution in [2.75, 3.05) is 6.61 Å². The van der Waals surface area contributed by atoms with Crippen molar-refractivity contribution in [1.82, 2.24) is 4.98 Å².